The number of hydrogen-bond donors (Lipinski definition) is 2. The van der Waals surface area contributed by atoms with Crippen molar-refractivity contribution in [1.29, 1.82) is 0 Å². The van der Waals surface area contributed by atoms with Crippen LogP contribution in [0.5, 0.6) is 0 Å². The second-order valence-corrected chi connectivity index (χ2v) is 4.49. The van der Waals surface area contributed by atoms with Crippen molar-refractivity contribution in [2.45, 2.75) is 32.2 Å². The third-order valence-corrected chi connectivity index (χ3v) is 3.23. The van der Waals surface area contributed by atoms with Crippen LogP contribution in [-0.4, -0.2) is 42.8 Å². The van der Waals surface area contributed by atoms with Crippen LogP contribution in [0.15, 0.2) is 0 Å². The normalized spacial score (nSPS) is 21.9. The van der Waals surface area contributed by atoms with E-state index in [0.29, 0.717) is 5.41 Å². The molecule has 0 aliphatic heterocycles. The summed E-state index contributed by atoms with van der Waals surface area (Å²) in [6.45, 7) is 4.18. The predicted molar refractivity (Wildman–Crippen MR) is 54.5 cm³/mol. The third-order valence-electron chi connectivity index (χ3n) is 3.23. The van der Waals surface area contributed by atoms with Gasteiger partial charge in [0, 0.05) is 12.6 Å². The number of hydrogen-bond acceptors (Lipinski definition) is 3. The molecule has 0 spiro atoms. The van der Waals surface area contributed by atoms with Gasteiger partial charge in [-0.05, 0) is 45.2 Å². The van der Waals surface area contributed by atoms with Crippen molar-refractivity contribution in [3.05, 3.63) is 0 Å². The fraction of sp³-hybridized carbons (Fsp3) is 1.00. The summed E-state index contributed by atoms with van der Waals surface area (Å²) < 4.78 is 0. The van der Waals surface area contributed by atoms with E-state index in [9.17, 15) is 0 Å². The van der Waals surface area contributed by atoms with Crippen LogP contribution in [0.4, 0.5) is 0 Å². The number of nitrogens with zero attached hydrogens (tertiary/aromatic N) is 1. The van der Waals surface area contributed by atoms with Gasteiger partial charge in [0.05, 0.1) is 6.61 Å². The molecule has 3 N–H and O–H groups in total. The third kappa shape index (κ3) is 2.93. The number of likely N-dealkylation sites (N-methyl/N-ethyl adjacent to an activating group) is 1. The highest BCUT2D eigenvalue weighted by Crippen LogP contribution is 2.48. The molecule has 0 saturated heterocycles. The molecule has 1 rings (SSSR count). The number of rotatable bonds is 6. The fourth-order valence-corrected chi connectivity index (χ4v) is 1.79. The van der Waals surface area contributed by atoms with E-state index in [1.54, 1.807) is 0 Å². The van der Waals surface area contributed by atoms with Crippen LogP contribution in [-0.2, 0) is 0 Å². The van der Waals surface area contributed by atoms with E-state index in [1.807, 2.05) is 0 Å². The topological polar surface area (TPSA) is 49.5 Å². The quantitative estimate of drug-likeness (QED) is 0.632. The maximum absolute atomic E-state index is 8.99. The Morgan fingerprint density at radius 2 is 2.15 bits per heavy atom. The van der Waals surface area contributed by atoms with Crippen LogP contribution in [0.3, 0.4) is 0 Å². The van der Waals surface area contributed by atoms with E-state index < -0.39 is 0 Å². The summed E-state index contributed by atoms with van der Waals surface area (Å²) >= 11 is 0. The fourth-order valence-electron chi connectivity index (χ4n) is 1.79. The maximum atomic E-state index is 8.99. The Hall–Kier alpha value is -0.120. The second-order valence-electron chi connectivity index (χ2n) is 4.49. The van der Waals surface area contributed by atoms with Gasteiger partial charge in [0.1, 0.15) is 0 Å². The van der Waals surface area contributed by atoms with Gasteiger partial charge >= 0.3 is 0 Å². The Balaban J connectivity index is 2.30. The smallest absolute Gasteiger partial charge is 0.0584 e. The predicted octanol–water partition coefficient (Wildman–Crippen LogP) is 0.428. The van der Waals surface area contributed by atoms with Gasteiger partial charge in [-0.3, -0.25) is 0 Å². The zero-order valence-corrected chi connectivity index (χ0v) is 8.79. The molecule has 0 aromatic carbocycles. The highest BCUT2D eigenvalue weighted by atomic mass is 16.3. The van der Waals surface area contributed by atoms with Crippen molar-refractivity contribution in [3.8, 4) is 0 Å². The van der Waals surface area contributed by atoms with Gasteiger partial charge in [-0.2, -0.15) is 0 Å². The largest absolute Gasteiger partial charge is 0.395 e. The Bertz CT molecular complexity index is 157. The van der Waals surface area contributed by atoms with Crippen LogP contribution in [0, 0.1) is 5.41 Å². The van der Waals surface area contributed by atoms with E-state index >= 15 is 0 Å². The van der Waals surface area contributed by atoms with Crippen molar-refractivity contribution in [2.75, 3.05) is 26.7 Å². The molecule has 78 valence electrons. The number of nitrogens with two attached hydrogens (primary N) is 1. The molecule has 1 fully saturated rings. The molecule has 13 heavy (non-hydrogen) atoms. The second kappa shape index (κ2) is 4.40. The summed E-state index contributed by atoms with van der Waals surface area (Å²) in [5.41, 5.74) is 6.06. The van der Waals surface area contributed by atoms with Crippen LogP contribution < -0.4 is 5.73 Å². The van der Waals surface area contributed by atoms with Gasteiger partial charge in [-0.1, -0.05) is 0 Å². The number of aliphatic hydroxyl groups is 1. The molecule has 0 heterocycles. The van der Waals surface area contributed by atoms with Crippen molar-refractivity contribution < 1.29 is 5.11 Å². The van der Waals surface area contributed by atoms with Gasteiger partial charge in [-0.25, -0.2) is 0 Å². The Morgan fingerprint density at radius 3 is 2.54 bits per heavy atom. The van der Waals surface area contributed by atoms with E-state index in [-0.39, 0.29) is 12.6 Å². The monoisotopic (exact) mass is 186 g/mol. The lowest BCUT2D eigenvalue weighted by molar-refractivity contribution is 0.135. The van der Waals surface area contributed by atoms with Gasteiger partial charge in [0.15, 0.2) is 0 Å². The minimum atomic E-state index is 0.245. The van der Waals surface area contributed by atoms with Gasteiger partial charge in [0.2, 0.25) is 0 Å². The standard InChI is InChI=1S/C10H22N2O/c1-9(7-13)12(2)8-10(3-4-10)5-6-11/h9,13H,3-8,11H2,1-2H3. The van der Waals surface area contributed by atoms with Gasteiger partial charge in [0.25, 0.3) is 0 Å². The lowest BCUT2D eigenvalue weighted by atomic mass is 10.0. The van der Waals surface area contributed by atoms with Crippen molar-refractivity contribution in [3.63, 3.8) is 0 Å². The molecule has 0 radical (unpaired) electrons. The lowest BCUT2D eigenvalue weighted by Crippen LogP contribution is -2.37. The molecule has 1 aliphatic carbocycles. The first-order valence-electron chi connectivity index (χ1n) is 5.15. The molecule has 1 unspecified atom stereocenters. The van der Waals surface area contributed by atoms with Crippen molar-refractivity contribution in [1.82, 2.24) is 4.90 Å². The van der Waals surface area contributed by atoms with Crippen LogP contribution in [0.2, 0.25) is 0 Å². The zero-order valence-electron chi connectivity index (χ0n) is 8.79. The average Bonchev–Trinajstić information content (AvgIpc) is 2.84. The van der Waals surface area contributed by atoms with Crippen molar-refractivity contribution in [2.24, 2.45) is 11.1 Å². The summed E-state index contributed by atoms with van der Waals surface area (Å²) in [4.78, 5) is 2.24. The molecular formula is C10H22N2O. The molecule has 3 nitrogen and oxygen atoms in total. The molecule has 0 amide bonds. The molecule has 1 aliphatic rings. The van der Waals surface area contributed by atoms with E-state index in [2.05, 4.69) is 18.9 Å². The number of aliphatic hydroxyl groups excluding tert-OH is 1. The zero-order chi connectivity index (χ0) is 9.90. The van der Waals surface area contributed by atoms with E-state index in [1.165, 1.54) is 12.8 Å². The minimum Gasteiger partial charge on any atom is -0.395 e. The first-order chi connectivity index (χ1) is 6.13. The highest BCUT2D eigenvalue weighted by Gasteiger charge is 2.42. The van der Waals surface area contributed by atoms with E-state index in [4.69, 9.17) is 10.8 Å². The van der Waals surface area contributed by atoms with Gasteiger partial charge in [-0.15, -0.1) is 0 Å². The summed E-state index contributed by atoms with van der Waals surface area (Å²) in [5, 5.41) is 8.99. The van der Waals surface area contributed by atoms with Crippen molar-refractivity contribution >= 4 is 0 Å². The average molecular weight is 186 g/mol. The first-order valence-corrected chi connectivity index (χ1v) is 5.15. The molecule has 1 saturated carbocycles. The summed E-state index contributed by atoms with van der Waals surface area (Å²) in [5.74, 6) is 0. The van der Waals surface area contributed by atoms with Crippen LogP contribution in [0.1, 0.15) is 26.2 Å². The van der Waals surface area contributed by atoms with Crippen LogP contribution in [0.25, 0.3) is 0 Å². The van der Waals surface area contributed by atoms with Crippen LogP contribution >= 0.6 is 0 Å². The molecule has 1 atom stereocenters. The molecule has 3 heteroatoms. The summed E-state index contributed by atoms with van der Waals surface area (Å²) in [7, 11) is 2.08. The molecule has 0 bridgehead atoms. The summed E-state index contributed by atoms with van der Waals surface area (Å²) in [6.07, 6.45) is 3.76. The Morgan fingerprint density at radius 1 is 1.54 bits per heavy atom. The Labute approximate surface area is 80.9 Å². The Kier molecular flexibility index (Phi) is 3.71. The highest BCUT2D eigenvalue weighted by molar-refractivity contribution is 4.95. The lowest BCUT2D eigenvalue weighted by Gasteiger charge is -2.27. The summed E-state index contributed by atoms with van der Waals surface area (Å²) in [6, 6.07) is 0.273. The van der Waals surface area contributed by atoms with E-state index in [0.717, 1.165) is 19.5 Å². The molecular weight excluding hydrogens is 164 g/mol. The SMILES string of the molecule is CC(CO)N(C)CC1(CCN)CC1. The maximum Gasteiger partial charge on any atom is 0.0584 e. The first kappa shape index (κ1) is 11.0. The van der Waals surface area contributed by atoms with Gasteiger partial charge < -0.3 is 15.7 Å². The molecule has 0 aromatic rings. The minimum absolute atomic E-state index is 0.245. The molecule has 0 aromatic heterocycles.